The normalized spacial score (nSPS) is 36.9. The first-order valence-corrected chi connectivity index (χ1v) is 16.9. The zero-order valence-corrected chi connectivity index (χ0v) is 25.0. The second kappa shape index (κ2) is 10.4. The molecular weight excluding hydrogens is 476 g/mol. The maximum Gasteiger partial charge on any atom is 0.508 e. The van der Waals surface area contributed by atoms with Crippen LogP contribution < -0.4 is 0 Å². The maximum absolute atomic E-state index is 12.9. The van der Waals surface area contributed by atoms with Crippen LogP contribution in [0.1, 0.15) is 73.6 Å². The first-order chi connectivity index (χ1) is 16.5. The third-order valence-corrected chi connectivity index (χ3v) is 9.49. The SMILES string of the molecule is COC(=O)OC(C=C[C@@H](C)[C@H]1CCC2C(O[Si](C)(C)C)CCC[C@@]21C)C1(C)OC(C(C)(C)C)OC1=O. The zero-order chi connectivity index (χ0) is 27.1. The van der Waals surface area contributed by atoms with Crippen molar-refractivity contribution in [2.75, 3.05) is 7.11 Å². The minimum atomic E-state index is -1.62. The number of fused-ring (bicyclic) bond motifs is 1. The summed E-state index contributed by atoms with van der Waals surface area (Å²) in [6, 6.07) is 0. The van der Waals surface area contributed by atoms with Crippen LogP contribution in [-0.2, 0) is 28.2 Å². The average Bonchev–Trinajstić information content (AvgIpc) is 3.27. The summed E-state index contributed by atoms with van der Waals surface area (Å²) in [4.78, 5) is 25.0. The standard InChI is InChI=1S/C28H48O7Si/c1-18(19-14-15-20-21(35-36(8,9)10)12-11-17-27(19,20)5)13-16-22(32-25(30)31-7)28(6)23(29)33-24(34-28)26(2,3)4/h13,16,18-22,24H,11-12,14-15,17H2,1-10H3/t18-,19-,20?,21?,22?,24?,27-,28?/m1/s1. The van der Waals surface area contributed by atoms with Crippen LogP contribution in [-0.4, -0.2) is 51.7 Å². The van der Waals surface area contributed by atoms with E-state index in [4.69, 9.17) is 23.4 Å². The van der Waals surface area contributed by atoms with Crippen molar-refractivity contribution in [3.63, 3.8) is 0 Å². The number of ether oxygens (including phenoxy) is 4. The molecule has 0 aromatic carbocycles. The number of carbonyl (C=O) groups is 2. The minimum Gasteiger partial charge on any atom is -0.438 e. The molecule has 1 saturated heterocycles. The van der Waals surface area contributed by atoms with Gasteiger partial charge in [-0.3, -0.25) is 0 Å². The van der Waals surface area contributed by atoms with Gasteiger partial charge in [0.25, 0.3) is 0 Å². The number of rotatable bonds is 7. The largest absolute Gasteiger partial charge is 0.508 e. The lowest BCUT2D eigenvalue weighted by Crippen LogP contribution is -2.47. The fourth-order valence-electron chi connectivity index (χ4n) is 6.56. The number of carbonyl (C=O) groups excluding carboxylic acids is 2. The fourth-order valence-corrected chi connectivity index (χ4v) is 7.75. The molecule has 2 aliphatic carbocycles. The topological polar surface area (TPSA) is 80.3 Å². The molecule has 7 nitrogen and oxygen atoms in total. The van der Waals surface area contributed by atoms with Gasteiger partial charge in [-0.25, -0.2) is 9.59 Å². The van der Waals surface area contributed by atoms with E-state index in [1.165, 1.54) is 26.4 Å². The molecule has 0 N–H and O–H groups in total. The van der Waals surface area contributed by atoms with Crippen LogP contribution in [0.5, 0.6) is 0 Å². The highest BCUT2D eigenvalue weighted by atomic mass is 28.4. The summed E-state index contributed by atoms with van der Waals surface area (Å²) >= 11 is 0. The monoisotopic (exact) mass is 524 g/mol. The Bertz CT molecular complexity index is 844. The molecule has 2 saturated carbocycles. The van der Waals surface area contributed by atoms with E-state index >= 15 is 0 Å². The molecular formula is C28H48O7Si. The molecule has 3 rings (SSSR count). The van der Waals surface area contributed by atoms with E-state index in [0.29, 0.717) is 17.9 Å². The summed E-state index contributed by atoms with van der Waals surface area (Å²) in [5.41, 5.74) is -1.66. The zero-order valence-electron chi connectivity index (χ0n) is 24.0. The van der Waals surface area contributed by atoms with E-state index in [1.54, 1.807) is 13.0 Å². The van der Waals surface area contributed by atoms with Crippen LogP contribution in [0, 0.1) is 28.6 Å². The van der Waals surface area contributed by atoms with Crippen molar-refractivity contribution in [2.24, 2.45) is 28.6 Å². The van der Waals surface area contributed by atoms with Crippen molar-refractivity contribution < 1.29 is 33.0 Å². The molecule has 5 unspecified atom stereocenters. The molecule has 0 radical (unpaired) electrons. The van der Waals surface area contributed by atoms with Crippen molar-refractivity contribution in [2.45, 2.75) is 117 Å². The number of hydrogen-bond acceptors (Lipinski definition) is 7. The molecule has 3 aliphatic rings. The van der Waals surface area contributed by atoms with Gasteiger partial charge in [0.1, 0.15) is 0 Å². The Morgan fingerprint density at radius 1 is 1.14 bits per heavy atom. The molecule has 8 heteroatoms. The fraction of sp³-hybridized carbons (Fsp3) is 0.857. The van der Waals surface area contributed by atoms with Gasteiger partial charge in [-0.15, -0.1) is 0 Å². The number of hydrogen-bond donors (Lipinski definition) is 0. The van der Waals surface area contributed by atoms with Crippen molar-refractivity contribution >= 4 is 20.4 Å². The molecule has 0 aromatic rings. The summed E-state index contributed by atoms with van der Waals surface area (Å²) in [6.45, 7) is 18.9. The predicted octanol–water partition coefficient (Wildman–Crippen LogP) is 6.47. The van der Waals surface area contributed by atoms with E-state index in [2.05, 4.69) is 39.6 Å². The van der Waals surface area contributed by atoms with Gasteiger partial charge in [-0.2, -0.15) is 0 Å². The van der Waals surface area contributed by atoms with E-state index in [9.17, 15) is 9.59 Å². The Morgan fingerprint density at radius 2 is 1.81 bits per heavy atom. The molecule has 0 aromatic heterocycles. The summed E-state index contributed by atoms with van der Waals surface area (Å²) in [5.74, 6) is 0.741. The average molecular weight is 525 g/mol. The highest BCUT2D eigenvalue weighted by Gasteiger charge is 2.57. The van der Waals surface area contributed by atoms with Gasteiger partial charge in [-0.05, 0) is 81.5 Å². The van der Waals surface area contributed by atoms with Gasteiger partial charge in [0.2, 0.25) is 11.9 Å². The Hall–Kier alpha value is -1.38. The summed E-state index contributed by atoms with van der Waals surface area (Å²) in [6.07, 6.45) is 7.54. The first kappa shape index (κ1) is 29.2. The summed E-state index contributed by atoms with van der Waals surface area (Å²) in [7, 11) is -0.366. The van der Waals surface area contributed by atoms with Gasteiger partial charge >= 0.3 is 12.1 Å². The molecule has 1 heterocycles. The Balaban J connectivity index is 1.81. The van der Waals surface area contributed by atoms with Crippen LogP contribution in [0.4, 0.5) is 4.79 Å². The lowest BCUT2D eigenvalue weighted by Gasteiger charge is -2.47. The van der Waals surface area contributed by atoms with Crippen molar-refractivity contribution in [1.82, 2.24) is 0 Å². The van der Waals surface area contributed by atoms with Gasteiger partial charge < -0.3 is 23.4 Å². The molecule has 8 atom stereocenters. The van der Waals surface area contributed by atoms with Crippen LogP contribution in [0.2, 0.25) is 19.6 Å². The minimum absolute atomic E-state index is 0.203. The van der Waals surface area contributed by atoms with Crippen LogP contribution in [0.15, 0.2) is 12.2 Å². The highest BCUT2D eigenvalue weighted by molar-refractivity contribution is 6.69. The maximum atomic E-state index is 12.9. The Labute approximate surface area is 218 Å². The van der Waals surface area contributed by atoms with Gasteiger partial charge in [0, 0.05) is 11.5 Å². The highest BCUT2D eigenvalue weighted by Crippen LogP contribution is 2.58. The van der Waals surface area contributed by atoms with Gasteiger partial charge in [-0.1, -0.05) is 47.1 Å². The number of allylic oxidation sites excluding steroid dienone is 1. The number of cyclic esters (lactones) is 1. The van der Waals surface area contributed by atoms with E-state index in [-0.39, 0.29) is 11.3 Å². The Kier molecular flexibility index (Phi) is 8.44. The van der Waals surface area contributed by atoms with E-state index in [1.807, 2.05) is 20.8 Å². The van der Waals surface area contributed by atoms with E-state index < -0.39 is 43.9 Å². The van der Waals surface area contributed by atoms with E-state index in [0.717, 1.165) is 12.8 Å². The lowest BCUT2D eigenvalue weighted by molar-refractivity contribution is -0.162. The molecule has 3 fully saturated rings. The molecule has 206 valence electrons. The van der Waals surface area contributed by atoms with Gasteiger partial charge in [0.05, 0.1) is 7.11 Å². The van der Waals surface area contributed by atoms with Crippen molar-refractivity contribution in [1.29, 1.82) is 0 Å². The van der Waals surface area contributed by atoms with Gasteiger partial charge in [0.15, 0.2) is 14.4 Å². The first-order valence-electron chi connectivity index (χ1n) is 13.5. The molecule has 0 amide bonds. The number of esters is 1. The van der Waals surface area contributed by atoms with Crippen molar-refractivity contribution in [3.05, 3.63) is 12.2 Å². The molecule has 0 bridgehead atoms. The summed E-state index contributed by atoms with van der Waals surface area (Å²) < 4.78 is 28.6. The van der Waals surface area contributed by atoms with Crippen LogP contribution in [0.25, 0.3) is 0 Å². The van der Waals surface area contributed by atoms with Crippen LogP contribution >= 0.6 is 0 Å². The lowest BCUT2D eigenvalue weighted by atomic mass is 9.62. The van der Waals surface area contributed by atoms with Crippen LogP contribution in [0.3, 0.4) is 0 Å². The third-order valence-electron chi connectivity index (χ3n) is 8.48. The molecule has 36 heavy (non-hydrogen) atoms. The molecule has 1 aliphatic heterocycles. The summed E-state index contributed by atoms with van der Waals surface area (Å²) in [5, 5.41) is 0. The quantitative estimate of drug-likeness (QED) is 0.214. The second-order valence-corrected chi connectivity index (χ2v) is 18.0. The third kappa shape index (κ3) is 6.02. The Morgan fingerprint density at radius 3 is 2.36 bits per heavy atom. The second-order valence-electron chi connectivity index (χ2n) is 13.5. The smallest absolute Gasteiger partial charge is 0.438 e. The van der Waals surface area contributed by atoms with Crippen molar-refractivity contribution in [3.8, 4) is 0 Å². The molecule has 0 spiro atoms. The predicted molar refractivity (Wildman–Crippen MR) is 141 cm³/mol. The number of methoxy groups -OCH3 is 1.